The molecule has 0 spiro atoms. The number of benzene rings is 1. The lowest BCUT2D eigenvalue weighted by atomic mass is 9.88. The first-order valence-electron chi connectivity index (χ1n) is 11.2. The van der Waals surface area contributed by atoms with E-state index in [-0.39, 0.29) is 34.3 Å². The molecule has 2 aliphatic rings. The quantitative estimate of drug-likeness (QED) is 0.349. The van der Waals surface area contributed by atoms with Gasteiger partial charge in [-0.15, -0.1) is 0 Å². The van der Waals surface area contributed by atoms with Crippen molar-refractivity contribution >= 4 is 23.6 Å². The Morgan fingerprint density at radius 3 is 2.36 bits per heavy atom. The van der Waals surface area contributed by atoms with Crippen LogP contribution in [0.5, 0.6) is 0 Å². The second kappa shape index (κ2) is 10.8. The Balaban J connectivity index is 1.72. The van der Waals surface area contributed by atoms with E-state index in [4.69, 9.17) is 0 Å². The minimum Gasteiger partial charge on any atom is -0.339 e. The van der Waals surface area contributed by atoms with Gasteiger partial charge in [0.05, 0.1) is 9.83 Å². The average Bonchev–Trinajstić information content (AvgIpc) is 2.78. The molecule has 0 bridgehead atoms. The molecule has 2 unspecified atom stereocenters. The van der Waals surface area contributed by atoms with E-state index < -0.39 is 0 Å². The van der Waals surface area contributed by atoms with Crippen molar-refractivity contribution in [3.8, 4) is 0 Å². The van der Waals surface area contributed by atoms with Crippen LogP contribution in [0.25, 0.3) is 0 Å². The predicted octanol–water partition coefficient (Wildman–Crippen LogP) is 4.46. The molecular weight excluding hydrogens is 438 g/mol. The van der Waals surface area contributed by atoms with E-state index in [1.54, 1.807) is 22.0 Å². The molecule has 2 atom stereocenters. The fraction of sp³-hybridized carbons (Fsp3) is 0.440. The van der Waals surface area contributed by atoms with Crippen molar-refractivity contribution in [2.24, 2.45) is 11.8 Å². The smallest absolute Gasteiger partial charge is 0.279 e. The van der Waals surface area contributed by atoms with E-state index in [1.165, 1.54) is 24.8 Å². The van der Waals surface area contributed by atoms with Crippen molar-refractivity contribution in [2.45, 2.75) is 38.5 Å². The maximum absolute atomic E-state index is 12.6. The number of hydrogen-bond acceptors (Lipinski definition) is 5. The molecule has 1 aromatic rings. The van der Waals surface area contributed by atoms with Crippen LogP contribution in [0, 0.1) is 22.0 Å². The van der Waals surface area contributed by atoms with Gasteiger partial charge in [0.1, 0.15) is 0 Å². The van der Waals surface area contributed by atoms with Crippen molar-refractivity contribution < 1.29 is 14.5 Å². The summed E-state index contributed by atoms with van der Waals surface area (Å²) in [6.07, 6.45) is 6.86. The van der Waals surface area contributed by atoms with E-state index in [1.807, 2.05) is 31.2 Å². The highest BCUT2D eigenvalue weighted by molar-refractivity contribution is 8.03. The molecule has 1 heterocycles. The number of piperazine rings is 1. The molecule has 0 radical (unpaired) electrons. The van der Waals surface area contributed by atoms with Gasteiger partial charge >= 0.3 is 0 Å². The summed E-state index contributed by atoms with van der Waals surface area (Å²) in [4.78, 5) is 40.7. The van der Waals surface area contributed by atoms with Crippen LogP contribution in [0.4, 0.5) is 0 Å². The number of nitro groups is 1. The Labute approximate surface area is 199 Å². The van der Waals surface area contributed by atoms with Crippen molar-refractivity contribution in [1.29, 1.82) is 0 Å². The Morgan fingerprint density at radius 1 is 1.12 bits per heavy atom. The second-order valence-electron chi connectivity index (χ2n) is 8.76. The molecule has 1 aliphatic heterocycles. The van der Waals surface area contributed by atoms with Gasteiger partial charge in [0.2, 0.25) is 11.8 Å². The Morgan fingerprint density at radius 2 is 1.76 bits per heavy atom. The summed E-state index contributed by atoms with van der Waals surface area (Å²) in [5, 5.41) is 11.8. The van der Waals surface area contributed by atoms with E-state index in [0.717, 1.165) is 10.5 Å². The minimum atomic E-state index is -0.341. The molecule has 7 nitrogen and oxygen atoms in total. The number of hydrogen-bond donors (Lipinski definition) is 0. The van der Waals surface area contributed by atoms with Gasteiger partial charge in [-0.3, -0.25) is 19.7 Å². The summed E-state index contributed by atoms with van der Waals surface area (Å²) in [5.41, 5.74) is 1.24. The number of allylic oxidation sites excluding steroid dienone is 3. The first kappa shape index (κ1) is 24.8. The Hall–Kier alpha value is -2.87. The molecular formula is C25H31N3O4S. The monoisotopic (exact) mass is 469 g/mol. The largest absolute Gasteiger partial charge is 0.339 e. The first-order chi connectivity index (χ1) is 15.7. The van der Waals surface area contributed by atoms with E-state index in [2.05, 4.69) is 19.9 Å². The van der Waals surface area contributed by atoms with Crippen LogP contribution in [0.1, 0.15) is 39.2 Å². The van der Waals surface area contributed by atoms with Crippen molar-refractivity contribution in [1.82, 2.24) is 9.80 Å². The van der Waals surface area contributed by atoms with Gasteiger partial charge in [0.25, 0.3) is 5.70 Å². The van der Waals surface area contributed by atoms with Crippen LogP contribution in [-0.2, 0) is 9.59 Å². The van der Waals surface area contributed by atoms with Gasteiger partial charge in [0, 0.05) is 50.0 Å². The fourth-order valence-corrected chi connectivity index (χ4v) is 5.36. The second-order valence-corrected chi connectivity index (χ2v) is 9.85. The molecule has 33 heavy (non-hydrogen) atoms. The normalized spacial score (nSPS) is 21.2. The molecule has 1 aromatic carbocycles. The maximum atomic E-state index is 12.6. The first-order valence-corrected chi connectivity index (χ1v) is 12.1. The van der Waals surface area contributed by atoms with Crippen LogP contribution in [0.3, 0.4) is 0 Å². The van der Waals surface area contributed by atoms with Crippen LogP contribution < -0.4 is 0 Å². The highest BCUT2D eigenvalue weighted by Gasteiger charge is 2.29. The zero-order valence-corrected chi connectivity index (χ0v) is 20.4. The molecule has 0 saturated carbocycles. The SMILES string of the molecule is CC(=O)N1CCN(C(=O)/C=C/C2C=C([N+](=O)[O-])C(Sc3ccccc3C(C)C)=CC2C)CC1. The summed E-state index contributed by atoms with van der Waals surface area (Å²) in [6.45, 7) is 9.81. The van der Waals surface area contributed by atoms with E-state index in [9.17, 15) is 19.7 Å². The van der Waals surface area contributed by atoms with E-state index >= 15 is 0 Å². The van der Waals surface area contributed by atoms with Gasteiger partial charge in [-0.2, -0.15) is 0 Å². The standard InChI is InChI=1S/C25H31N3O4S/c1-17(2)21-7-5-6-8-23(21)33-24-15-18(3)20(16-22(24)28(31)32)9-10-25(30)27-13-11-26(12-14-27)19(4)29/h5-10,15-18,20H,11-14H2,1-4H3/b10-9+. The van der Waals surface area contributed by atoms with Gasteiger partial charge in [-0.1, -0.05) is 62.9 Å². The Kier molecular flexibility index (Phi) is 8.13. The number of rotatable bonds is 6. The maximum Gasteiger partial charge on any atom is 0.279 e. The van der Waals surface area contributed by atoms with Crippen molar-refractivity contribution in [3.05, 3.63) is 74.8 Å². The van der Waals surface area contributed by atoms with E-state index in [0.29, 0.717) is 37.0 Å². The van der Waals surface area contributed by atoms with Crippen molar-refractivity contribution in [3.63, 3.8) is 0 Å². The van der Waals surface area contributed by atoms with Crippen molar-refractivity contribution in [2.75, 3.05) is 26.2 Å². The molecule has 3 rings (SSSR count). The van der Waals surface area contributed by atoms with Gasteiger partial charge in [0.15, 0.2) is 0 Å². The third-order valence-corrected chi connectivity index (χ3v) is 7.24. The van der Waals surface area contributed by atoms with Crippen LogP contribution in [0.15, 0.2) is 64.1 Å². The molecule has 0 aromatic heterocycles. The summed E-state index contributed by atoms with van der Waals surface area (Å²) >= 11 is 1.43. The molecule has 1 fully saturated rings. The lowest BCUT2D eigenvalue weighted by Gasteiger charge is -2.33. The van der Waals surface area contributed by atoms with Gasteiger partial charge in [-0.05, 0) is 29.5 Å². The lowest BCUT2D eigenvalue weighted by molar-refractivity contribution is -0.420. The number of carbonyl (C=O) groups excluding carboxylic acids is 2. The lowest BCUT2D eigenvalue weighted by Crippen LogP contribution is -2.49. The highest BCUT2D eigenvalue weighted by Crippen LogP contribution is 2.41. The molecule has 0 N–H and O–H groups in total. The minimum absolute atomic E-state index is 0.0148. The van der Waals surface area contributed by atoms with Crippen LogP contribution in [-0.4, -0.2) is 52.7 Å². The third-order valence-electron chi connectivity index (χ3n) is 6.08. The summed E-state index contributed by atoms with van der Waals surface area (Å²) in [5.74, 6) is -0.0185. The zero-order chi connectivity index (χ0) is 24.1. The average molecular weight is 470 g/mol. The van der Waals surface area contributed by atoms with Crippen LogP contribution in [0.2, 0.25) is 0 Å². The number of nitrogens with zero attached hydrogens (tertiary/aromatic N) is 3. The van der Waals surface area contributed by atoms with Gasteiger partial charge in [-0.25, -0.2) is 0 Å². The number of amides is 2. The van der Waals surface area contributed by atoms with Gasteiger partial charge < -0.3 is 9.80 Å². The number of thioether (sulfide) groups is 1. The molecule has 2 amide bonds. The van der Waals surface area contributed by atoms with Crippen LogP contribution >= 0.6 is 11.8 Å². The Bertz CT molecular complexity index is 1010. The topological polar surface area (TPSA) is 83.8 Å². The predicted molar refractivity (Wildman–Crippen MR) is 130 cm³/mol. The molecule has 176 valence electrons. The fourth-order valence-electron chi connectivity index (χ4n) is 4.03. The molecule has 8 heteroatoms. The summed E-state index contributed by atoms with van der Waals surface area (Å²) in [6, 6.07) is 7.99. The molecule has 1 aliphatic carbocycles. The highest BCUT2D eigenvalue weighted by atomic mass is 32.2. The summed E-state index contributed by atoms with van der Waals surface area (Å²) in [7, 11) is 0. The number of carbonyl (C=O) groups is 2. The zero-order valence-electron chi connectivity index (χ0n) is 19.6. The summed E-state index contributed by atoms with van der Waals surface area (Å²) < 4.78 is 0. The third kappa shape index (κ3) is 6.13. The molecule has 1 saturated heterocycles.